The normalized spacial score (nSPS) is 10.3. The minimum atomic E-state index is -0.470. The fraction of sp³-hybridized carbons (Fsp3) is 0.120. The largest absolute Gasteiger partial charge is 0.487 e. The van der Waals surface area contributed by atoms with Gasteiger partial charge in [0.05, 0.1) is 11.6 Å². The van der Waals surface area contributed by atoms with Crippen LogP contribution >= 0.6 is 12.2 Å². The van der Waals surface area contributed by atoms with Gasteiger partial charge < -0.3 is 15.4 Å². The maximum atomic E-state index is 13.2. The number of nitrogens with one attached hydrogen (secondary N) is 2. The first-order chi connectivity index (χ1) is 14.5. The lowest BCUT2D eigenvalue weighted by Crippen LogP contribution is -2.38. The van der Waals surface area contributed by atoms with E-state index in [1.807, 2.05) is 91.9 Å². The number of anilines is 1. The van der Waals surface area contributed by atoms with Crippen LogP contribution in [0.15, 0.2) is 97.1 Å². The van der Waals surface area contributed by atoms with Crippen LogP contribution in [0.3, 0.4) is 0 Å². The Hall–Kier alpha value is -3.44. The smallest absolute Gasteiger partial charge is 0.238 e. The van der Waals surface area contributed by atoms with Gasteiger partial charge in [0, 0.05) is 0 Å². The molecule has 0 atom stereocenters. The van der Waals surface area contributed by atoms with Gasteiger partial charge in [-0.1, -0.05) is 79.4 Å². The van der Waals surface area contributed by atoms with Crippen LogP contribution in [0, 0.1) is 0 Å². The van der Waals surface area contributed by atoms with Gasteiger partial charge >= 0.3 is 0 Å². The maximum absolute atomic E-state index is 13.2. The highest BCUT2D eigenvalue weighted by Gasteiger charge is 2.23. The predicted octanol–water partition coefficient (Wildman–Crippen LogP) is 5.29. The number of benzene rings is 3. The van der Waals surface area contributed by atoms with Gasteiger partial charge in [0.1, 0.15) is 12.4 Å². The van der Waals surface area contributed by atoms with Gasteiger partial charge in [-0.05, 0) is 48.0 Å². The highest BCUT2D eigenvalue weighted by Crippen LogP contribution is 2.26. The van der Waals surface area contributed by atoms with Crippen LogP contribution in [-0.4, -0.2) is 17.6 Å². The predicted molar refractivity (Wildman–Crippen MR) is 126 cm³/mol. The van der Waals surface area contributed by atoms with Crippen LogP contribution in [0.4, 0.5) is 5.69 Å². The van der Waals surface area contributed by atoms with Crippen molar-refractivity contribution in [3.05, 3.63) is 108 Å². The number of ether oxygens (including phenoxy) is 1. The molecule has 0 unspecified atom stereocenters. The summed E-state index contributed by atoms with van der Waals surface area (Å²) >= 11 is 5.41. The van der Waals surface area contributed by atoms with E-state index in [9.17, 15) is 4.79 Å². The van der Waals surface area contributed by atoms with E-state index in [2.05, 4.69) is 17.2 Å². The summed E-state index contributed by atoms with van der Waals surface area (Å²) < 4.78 is 5.76. The Kier molecular flexibility index (Phi) is 7.35. The number of thiocarbonyl (C=S) groups is 1. The topological polar surface area (TPSA) is 50.4 Å². The molecule has 3 aromatic rings. The van der Waals surface area contributed by atoms with Gasteiger partial charge in [-0.3, -0.25) is 4.79 Å². The summed E-state index contributed by atoms with van der Waals surface area (Å²) in [5.41, 5.74) is 3.39. The Balaban J connectivity index is 1.75. The van der Waals surface area contributed by atoms with E-state index < -0.39 is 5.92 Å². The molecule has 5 heteroatoms. The van der Waals surface area contributed by atoms with Crippen LogP contribution in [0.5, 0.6) is 5.75 Å². The lowest BCUT2D eigenvalue weighted by molar-refractivity contribution is -0.120. The van der Waals surface area contributed by atoms with Gasteiger partial charge in [0.25, 0.3) is 0 Å². The Labute approximate surface area is 182 Å². The molecule has 0 aliphatic carbocycles. The van der Waals surface area contributed by atoms with Crippen molar-refractivity contribution < 1.29 is 9.53 Å². The van der Waals surface area contributed by atoms with Gasteiger partial charge in [0.15, 0.2) is 5.11 Å². The Morgan fingerprint density at radius 2 is 1.47 bits per heavy atom. The molecule has 0 bridgehead atoms. The number of para-hydroxylation sites is 2. The highest BCUT2D eigenvalue weighted by atomic mass is 32.1. The molecular weight excluding hydrogens is 392 g/mol. The molecule has 30 heavy (non-hydrogen) atoms. The third-order valence-corrected chi connectivity index (χ3v) is 4.58. The van der Waals surface area contributed by atoms with Crippen LogP contribution in [0.25, 0.3) is 0 Å². The van der Waals surface area contributed by atoms with E-state index in [4.69, 9.17) is 17.0 Å². The first kappa shape index (κ1) is 21.3. The molecule has 0 fully saturated rings. The monoisotopic (exact) mass is 416 g/mol. The minimum absolute atomic E-state index is 0.203. The molecule has 152 valence electrons. The number of carbonyl (C=O) groups is 1. The van der Waals surface area contributed by atoms with Gasteiger partial charge in [-0.15, -0.1) is 0 Å². The summed E-state index contributed by atoms with van der Waals surface area (Å²) in [5.74, 6) is -0.0351. The second-order valence-electron chi connectivity index (χ2n) is 6.94. The fourth-order valence-corrected chi connectivity index (χ4v) is 3.23. The second kappa shape index (κ2) is 10.4. The van der Waals surface area contributed by atoms with Gasteiger partial charge in [-0.2, -0.15) is 0 Å². The van der Waals surface area contributed by atoms with Crippen molar-refractivity contribution in [2.24, 2.45) is 0 Å². The van der Waals surface area contributed by atoms with Crippen LogP contribution in [-0.2, 0) is 4.79 Å². The number of amides is 1. The molecule has 2 N–H and O–H groups in total. The van der Waals surface area contributed by atoms with Crippen molar-refractivity contribution in [2.45, 2.75) is 12.8 Å². The number of carbonyl (C=O) groups excluding carboxylic acids is 1. The van der Waals surface area contributed by atoms with Crippen molar-refractivity contribution in [2.75, 3.05) is 11.9 Å². The average Bonchev–Trinajstić information content (AvgIpc) is 2.74. The molecule has 0 saturated heterocycles. The molecule has 0 aliphatic rings. The number of rotatable bonds is 7. The van der Waals surface area contributed by atoms with Crippen LogP contribution in [0.1, 0.15) is 24.0 Å². The van der Waals surface area contributed by atoms with Crippen LogP contribution < -0.4 is 15.4 Å². The van der Waals surface area contributed by atoms with E-state index in [-0.39, 0.29) is 11.0 Å². The Bertz CT molecular complexity index is 980. The molecule has 4 nitrogen and oxygen atoms in total. The third-order valence-electron chi connectivity index (χ3n) is 4.37. The fourth-order valence-electron chi connectivity index (χ4n) is 3.02. The lowest BCUT2D eigenvalue weighted by Gasteiger charge is -2.19. The molecular formula is C25H24N2O2S. The van der Waals surface area contributed by atoms with E-state index in [1.54, 1.807) is 0 Å². The molecule has 3 aromatic carbocycles. The molecule has 1 amide bonds. The van der Waals surface area contributed by atoms with Crippen LogP contribution in [0.2, 0.25) is 0 Å². The van der Waals surface area contributed by atoms with E-state index in [1.165, 1.54) is 0 Å². The summed E-state index contributed by atoms with van der Waals surface area (Å²) in [7, 11) is 0. The van der Waals surface area contributed by atoms with Gasteiger partial charge in [0.2, 0.25) is 5.91 Å². The van der Waals surface area contributed by atoms with E-state index in [0.717, 1.165) is 16.7 Å². The van der Waals surface area contributed by atoms with Crippen molar-refractivity contribution in [3.63, 3.8) is 0 Å². The quantitative estimate of drug-likeness (QED) is 0.406. The summed E-state index contributed by atoms with van der Waals surface area (Å²) in [5, 5.41) is 6.10. The standard InChI is InChI=1S/C25H24N2O2S/c1-18(2)17-29-22-16-10-9-15-21(22)26-25(30)27-24(28)23(19-11-5-3-6-12-19)20-13-7-4-8-14-20/h3-16,23H,1,17H2,2H3,(H2,26,27,28,30). The summed E-state index contributed by atoms with van der Waals surface area (Å²) in [6, 6.07) is 26.7. The van der Waals surface area contributed by atoms with Crippen molar-refractivity contribution in [1.82, 2.24) is 5.32 Å². The lowest BCUT2D eigenvalue weighted by atomic mass is 9.90. The number of hydrogen-bond acceptors (Lipinski definition) is 3. The SMILES string of the molecule is C=C(C)COc1ccccc1NC(=S)NC(=O)C(c1ccccc1)c1ccccc1. The van der Waals surface area contributed by atoms with Gasteiger partial charge in [-0.25, -0.2) is 0 Å². The molecule has 0 radical (unpaired) electrons. The second-order valence-corrected chi connectivity index (χ2v) is 7.35. The Morgan fingerprint density at radius 3 is 2.03 bits per heavy atom. The zero-order valence-electron chi connectivity index (χ0n) is 16.8. The summed E-state index contributed by atoms with van der Waals surface area (Å²) in [4.78, 5) is 13.2. The summed E-state index contributed by atoms with van der Waals surface area (Å²) in [6.45, 7) is 6.15. The third kappa shape index (κ3) is 5.78. The Morgan fingerprint density at radius 1 is 0.933 bits per heavy atom. The van der Waals surface area contributed by atoms with E-state index in [0.29, 0.717) is 18.0 Å². The minimum Gasteiger partial charge on any atom is -0.487 e. The molecule has 0 heterocycles. The average molecular weight is 417 g/mol. The van der Waals surface area contributed by atoms with Crippen molar-refractivity contribution in [3.8, 4) is 5.75 Å². The highest BCUT2D eigenvalue weighted by molar-refractivity contribution is 7.80. The number of hydrogen-bond donors (Lipinski definition) is 2. The van der Waals surface area contributed by atoms with E-state index >= 15 is 0 Å². The maximum Gasteiger partial charge on any atom is 0.238 e. The molecule has 3 rings (SSSR count). The zero-order chi connectivity index (χ0) is 21.3. The molecule has 0 spiro atoms. The molecule has 0 aromatic heterocycles. The summed E-state index contributed by atoms with van der Waals surface area (Å²) in [6.07, 6.45) is 0. The molecule has 0 aliphatic heterocycles. The first-order valence-electron chi connectivity index (χ1n) is 9.62. The van der Waals surface area contributed by atoms with Crippen molar-refractivity contribution >= 4 is 28.9 Å². The zero-order valence-corrected chi connectivity index (χ0v) is 17.6. The molecule has 0 saturated carbocycles. The first-order valence-corrected chi connectivity index (χ1v) is 10.0. The van der Waals surface area contributed by atoms with Crippen molar-refractivity contribution in [1.29, 1.82) is 0 Å².